The van der Waals surface area contributed by atoms with Crippen molar-refractivity contribution in [3.05, 3.63) is 0 Å². The van der Waals surface area contributed by atoms with Crippen LogP contribution >= 0.6 is 0 Å². The molecule has 0 rings (SSSR count). The molecule has 0 aliphatic heterocycles. The molecule has 0 bridgehead atoms. The molecule has 0 aliphatic rings. The van der Waals surface area contributed by atoms with E-state index in [0.29, 0.717) is 5.75 Å². The molecule has 0 heterocycles. The Morgan fingerprint density at radius 2 is 1.26 bits per heavy atom. The zero-order valence-electron chi connectivity index (χ0n) is 13.0. The van der Waals surface area contributed by atoms with E-state index in [9.17, 15) is 4.79 Å². The monoisotopic (exact) mass is 289 g/mol. The number of hydrogen-bond acceptors (Lipinski definition) is 1. The van der Waals surface area contributed by atoms with Crippen LogP contribution in [0.2, 0.25) is 0 Å². The highest BCUT2D eigenvalue weighted by Gasteiger charge is 2.14. The first-order valence-corrected chi connectivity index (χ1v) is 9.95. The Morgan fingerprint density at radius 3 is 1.68 bits per heavy atom. The topological polar surface area (TPSA) is 37.3 Å². The van der Waals surface area contributed by atoms with Gasteiger partial charge in [0.15, 0.2) is 0 Å². The summed E-state index contributed by atoms with van der Waals surface area (Å²) in [4.78, 5) is 10.5. The molecule has 19 heavy (non-hydrogen) atoms. The summed E-state index contributed by atoms with van der Waals surface area (Å²) in [7, 11) is 0.0867. The summed E-state index contributed by atoms with van der Waals surface area (Å²) in [5.74, 6) is 0.815. The summed E-state index contributed by atoms with van der Waals surface area (Å²) >= 11 is 0. The van der Waals surface area contributed by atoms with E-state index in [4.69, 9.17) is 5.11 Å². The highest BCUT2D eigenvalue weighted by molar-refractivity contribution is 7.96. The van der Waals surface area contributed by atoms with Crippen molar-refractivity contribution in [1.29, 1.82) is 0 Å². The second kappa shape index (κ2) is 14.2. The maximum Gasteiger partial charge on any atom is 0.353 e. The minimum Gasteiger partial charge on any atom is -0.478 e. The molecule has 0 saturated heterocycles. The van der Waals surface area contributed by atoms with Crippen molar-refractivity contribution in [3.63, 3.8) is 0 Å². The van der Waals surface area contributed by atoms with E-state index in [0.717, 1.165) is 5.75 Å². The first kappa shape index (κ1) is 18.8. The lowest BCUT2D eigenvalue weighted by Gasteiger charge is -2.03. The summed E-state index contributed by atoms with van der Waals surface area (Å²) in [6.45, 7) is 2.26. The molecule has 2 nitrogen and oxygen atoms in total. The van der Waals surface area contributed by atoms with Crippen LogP contribution < -0.4 is 0 Å². The largest absolute Gasteiger partial charge is 0.478 e. The summed E-state index contributed by atoms with van der Waals surface area (Å²) in [5, 5.41) is 8.67. The van der Waals surface area contributed by atoms with E-state index in [1.165, 1.54) is 70.6 Å². The van der Waals surface area contributed by atoms with Gasteiger partial charge in [-0.3, -0.25) is 0 Å². The fraction of sp³-hybridized carbons (Fsp3) is 0.938. The number of rotatable bonds is 14. The van der Waals surface area contributed by atoms with E-state index >= 15 is 0 Å². The molecule has 3 heteroatoms. The number of hydrogen-bond donors (Lipinski definition) is 1. The van der Waals surface area contributed by atoms with Crippen LogP contribution in [0.1, 0.15) is 77.6 Å². The van der Waals surface area contributed by atoms with Gasteiger partial charge in [-0.2, -0.15) is 0 Å². The van der Waals surface area contributed by atoms with E-state index in [2.05, 4.69) is 13.2 Å². The standard InChI is InChI=1S/C16H32O2S/c1-3-4-5-6-7-8-9-10-11-12-13-14-19(2)15-16(17)18/h3-15H2,1-2H3/p+1. The van der Waals surface area contributed by atoms with Crippen molar-refractivity contribution in [2.45, 2.75) is 77.6 Å². The fourth-order valence-electron chi connectivity index (χ4n) is 2.30. The van der Waals surface area contributed by atoms with Crippen molar-refractivity contribution < 1.29 is 9.90 Å². The minimum atomic E-state index is -0.645. The molecule has 0 aliphatic carbocycles. The molecule has 0 fully saturated rings. The van der Waals surface area contributed by atoms with Gasteiger partial charge in [-0.25, -0.2) is 4.79 Å². The van der Waals surface area contributed by atoms with Crippen molar-refractivity contribution in [2.24, 2.45) is 0 Å². The first-order valence-electron chi connectivity index (χ1n) is 7.97. The maximum absolute atomic E-state index is 10.5. The predicted octanol–water partition coefficient (Wildman–Crippen LogP) is 4.63. The number of carboxylic acids is 1. The third kappa shape index (κ3) is 15.8. The third-order valence-corrected chi connectivity index (χ3v) is 5.19. The molecular weight excluding hydrogens is 256 g/mol. The smallest absolute Gasteiger partial charge is 0.353 e. The Bertz CT molecular complexity index is 207. The number of carboxylic acid groups (broad SMARTS) is 1. The molecule has 1 atom stereocenters. The van der Waals surface area contributed by atoms with Crippen LogP contribution in [0, 0.1) is 0 Å². The highest BCUT2D eigenvalue weighted by Crippen LogP contribution is 2.11. The zero-order valence-corrected chi connectivity index (χ0v) is 13.8. The SMILES string of the molecule is CCCCCCCCCCCCC[S+](C)CC(=O)O. The summed E-state index contributed by atoms with van der Waals surface area (Å²) in [6, 6.07) is 0. The predicted molar refractivity (Wildman–Crippen MR) is 87.1 cm³/mol. The lowest BCUT2D eigenvalue weighted by molar-refractivity contribution is -0.133. The van der Waals surface area contributed by atoms with Crippen molar-refractivity contribution in [2.75, 3.05) is 17.8 Å². The van der Waals surface area contributed by atoms with Crippen LogP contribution in [-0.4, -0.2) is 28.8 Å². The lowest BCUT2D eigenvalue weighted by atomic mass is 10.1. The van der Waals surface area contributed by atoms with E-state index < -0.39 is 5.97 Å². The third-order valence-electron chi connectivity index (χ3n) is 3.47. The van der Waals surface area contributed by atoms with Gasteiger partial charge in [0.2, 0.25) is 5.75 Å². The van der Waals surface area contributed by atoms with Gasteiger partial charge in [-0.1, -0.05) is 64.7 Å². The van der Waals surface area contributed by atoms with Gasteiger partial charge in [0.05, 0.1) is 6.26 Å². The fourth-order valence-corrected chi connectivity index (χ4v) is 3.56. The quantitative estimate of drug-likeness (QED) is 0.374. The van der Waals surface area contributed by atoms with Gasteiger partial charge in [0.1, 0.15) is 5.75 Å². The normalized spacial score (nSPS) is 12.5. The Labute approximate surface area is 122 Å². The van der Waals surface area contributed by atoms with Crippen molar-refractivity contribution in [3.8, 4) is 0 Å². The van der Waals surface area contributed by atoms with E-state index in [1.807, 2.05) is 0 Å². The summed E-state index contributed by atoms with van der Waals surface area (Å²) < 4.78 is 0. The van der Waals surface area contributed by atoms with Crippen LogP contribution in [0.3, 0.4) is 0 Å². The Hall–Kier alpha value is -0.180. The van der Waals surface area contributed by atoms with Crippen LogP contribution in [0.4, 0.5) is 0 Å². The Balaban J connectivity index is 3.08. The maximum atomic E-state index is 10.5. The molecule has 0 amide bonds. The van der Waals surface area contributed by atoms with Gasteiger partial charge < -0.3 is 5.11 Å². The number of unbranched alkanes of at least 4 members (excludes halogenated alkanes) is 10. The average molecular weight is 290 g/mol. The van der Waals surface area contributed by atoms with E-state index in [1.54, 1.807) is 0 Å². The van der Waals surface area contributed by atoms with Crippen LogP contribution in [-0.2, 0) is 15.7 Å². The summed E-state index contributed by atoms with van der Waals surface area (Å²) in [5.41, 5.74) is 0. The number of aliphatic carboxylic acids is 1. The Morgan fingerprint density at radius 1 is 0.842 bits per heavy atom. The molecule has 0 radical (unpaired) electrons. The first-order chi connectivity index (χ1) is 9.16. The molecule has 0 aromatic carbocycles. The van der Waals surface area contributed by atoms with E-state index in [-0.39, 0.29) is 10.9 Å². The summed E-state index contributed by atoms with van der Waals surface area (Å²) in [6.07, 6.45) is 17.0. The number of carbonyl (C=O) groups is 1. The Kier molecular flexibility index (Phi) is 14.1. The lowest BCUT2D eigenvalue weighted by Crippen LogP contribution is -2.17. The molecule has 1 N–H and O–H groups in total. The van der Waals surface area contributed by atoms with Crippen molar-refractivity contribution in [1.82, 2.24) is 0 Å². The highest BCUT2D eigenvalue weighted by atomic mass is 32.2. The van der Waals surface area contributed by atoms with Crippen LogP contribution in [0.25, 0.3) is 0 Å². The molecule has 114 valence electrons. The van der Waals surface area contributed by atoms with Crippen LogP contribution in [0.5, 0.6) is 0 Å². The average Bonchev–Trinajstić information content (AvgIpc) is 2.35. The van der Waals surface area contributed by atoms with Gasteiger partial charge in [0.25, 0.3) is 0 Å². The van der Waals surface area contributed by atoms with Gasteiger partial charge in [-0.05, 0) is 23.7 Å². The molecule has 0 aromatic rings. The second-order valence-electron chi connectivity index (χ2n) is 5.56. The van der Waals surface area contributed by atoms with Crippen molar-refractivity contribution >= 4 is 16.9 Å². The van der Waals surface area contributed by atoms with Gasteiger partial charge in [0, 0.05) is 0 Å². The molecule has 1 unspecified atom stereocenters. The molecule has 0 saturated carbocycles. The minimum absolute atomic E-state index is 0.0867. The van der Waals surface area contributed by atoms with Crippen LogP contribution in [0.15, 0.2) is 0 Å². The second-order valence-corrected chi connectivity index (χ2v) is 7.82. The van der Waals surface area contributed by atoms with Gasteiger partial charge in [-0.15, -0.1) is 0 Å². The molecule has 0 aromatic heterocycles. The molecule has 0 spiro atoms. The molecular formula is C16H33O2S+. The van der Waals surface area contributed by atoms with Gasteiger partial charge >= 0.3 is 5.97 Å². The zero-order chi connectivity index (χ0) is 14.3.